The van der Waals surface area contributed by atoms with E-state index in [0.29, 0.717) is 47.3 Å². The average molecular weight is 394 g/mol. The average Bonchev–Trinajstić information content (AvgIpc) is 2.99. The van der Waals surface area contributed by atoms with Crippen LogP contribution in [0.1, 0.15) is 25.3 Å². The largest absolute Gasteiger partial charge is 0.496 e. The van der Waals surface area contributed by atoms with Gasteiger partial charge in [-0.15, -0.1) is 0 Å². The lowest BCUT2D eigenvalue weighted by Gasteiger charge is -2.32. The molecular formula is C23H23FN2O3. The Morgan fingerprint density at radius 1 is 0.966 bits per heavy atom. The van der Waals surface area contributed by atoms with Gasteiger partial charge < -0.3 is 9.64 Å². The summed E-state index contributed by atoms with van der Waals surface area (Å²) in [6, 6.07) is 12.6. The molecule has 1 saturated heterocycles. The quantitative estimate of drug-likeness (QED) is 0.739. The molecule has 0 saturated carbocycles. The number of benzene rings is 2. The molecule has 0 unspecified atom stereocenters. The second-order valence-corrected chi connectivity index (χ2v) is 7.52. The van der Waals surface area contributed by atoms with E-state index < -0.39 is 11.7 Å². The minimum Gasteiger partial charge on any atom is -0.496 e. The zero-order valence-electron chi connectivity index (χ0n) is 16.5. The molecule has 0 aromatic heterocycles. The van der Waals surface area contributed by atoms with Gasteiger partial charge in [0.1, 0.15) is 17.3 Å². The van der Waals surface area contributed by atoms with Crippen LogP contribution in [0.25, 0.3) is 5.57 Å². The van der Waals surface area contributed by atoms with Crippen molar-refractivity contribution in [1.29, 1.82) is 0 Å². The number of carbonyl (C=O) groups is 2. The van der Waals surface area contributed by atoms with Crippen molar-refractivity contribution in [2.75, 3.05) is 25.1 Å². The van der Waals surface area contributed by atoms with Gasteiger partial charge in [-0.25, -0.2) is 9.29 Å². The topological polar surface area (TPSA) is 49.9 Å². The Morgan fingerprint density at radius 3 is 2.28 bits per heavy atom. The Bertz CT molecular complexity index is 976. The summed E-state index contributed by atoms with van der Waals surface area (Å²) in [5.74, 6) is -0.0951. The third-order valence-corrected chi connectivity index (χ3v) is 5.62. The summed E-state index contributed by atoms with van der Waals surface area (Å²) in [5.41, 5.74) is 1.68. The van der Waals surface area contributed by atoms with E-state index in [1.807, 2.05) is 17.0 Å². The van der Waals surface area contributed by atoms with Gasteiger partial charge in [0.2, 0.25) is 0 Å². The van der Waals surface area contributed by atoms with Crippen LogP contribution in [-0.4, -0.2) is 36.9 Å². The zero-order chi connectivity index (χ0) is 20.5. The summed E-state index contributed by atoms with van der Waals surface area (Å²) in [5, 5.41) is 0. The van der Waals surface area contributed by atoms with Crippen molar-refractivity contribution in [3.63, 3.8) is 0 Å². The van der Waals surface area contributed by atoms with Crippen molar-refractivity contribution in [2.24, 2.45) is 5.92 Å². The number of anilines is 1. The first-order valence-electron chi connectivity index (χ1n) is 9.78. The molecule has 5 nitrogen and oxygen atoms in total. The summed E-state index contributed by atoms with van der Waals surface area (Å²) in [4.78, 5) is 30.0. The predicted octanol–water partition coefficient (Wildman–Crippen LogP) is 3.85. The van der Waals surface area contributed by atoms with Crippen LogP contribution in [0, 0.1) is 11.7 Å². The molecule has 2 amide bonds. The number of hydrogen-bond acceptors (Lipinski definition) is 4. The van der Waals surface area contributed by atoms with Gasteiger partial charge >= 0.3 is 0 Å². The summed E-state index contributed by atoms with van der Waals surface area (Å²) >= 11 is 0. The minimum absolute atomic E-state index is 0.339. The first-order valence-corrected chi connectivity index (χ1v) is 9.78. The van der Waals surface area contributed by atoms with Gasteiger partial charge in [0.15, 0.2) is 0 Å². The molecule has 0 bridgehead atoms. The van der Waals surface area contributed by atoms with Crippen molar-refractivity contribution < 1.29 is 18.7 Å². The van der Waals surface area contributed by atoms with Gasteiger partial charge in [-0.1, -0.05) is 25.1 Å². The van der Waals surface area contributed by atoms with E-state index >= 15 is 0 Å². The molecule has 0 spiro atoms. The van der Waals surface area contributed by atoms with Crippen LogP contribution in [0.5, 0.6) is 5.75 Å². The fourth-order valence-electron chi connectivity index (χ4n) is 3.96. The van der Waals surface area contributed by atoms with E-state index in [1.165, 1.54) is 24.3 Å². The molecule has 150 valence electrons. The van der Waals surface area contributed by atoms with E-state index in [0.717, 1.165) is 17.7 Å². The Kier molecular flexibility index (Phi) is 5.09. The number of halogens is 1. The number of likely N-dealkylation sites (tertiary alicyclic amines) is 1. The van der Waals surface area contributed by atoms with Crippen molar-refractivity contribution in [3.8, 4) is 5.75 Å². The van der Waals surface area contributed by atoms with Crippen LogP contribution in [0.15, 0.2) is 54.2 Å². The maximum absolute atomic E-state index is 13.5. The first kappa shape index (κ1) is 19.2. The highest BCUT2D eigenvalue weighted by molar-refractivity contribution is 6.45. The number of methoxy groups -OCH3 is 1. The van der Waals surface area contributed by atoms with E-state index in [2.05, 4.69) is 6.92 Å². The molecule has 2 aliphatic rings. The van der Waals surface area contributed by atoms with Gasteiger partial charge in [-0.2, -0.15) is 0 Å². The van der Waals surface area contributed by atoms with Gasteiger partial charge in [0.05, 0.1) is 18.4 Å². The number of nitrogens with zero attached hydrogens (tertiary/aromatic N) is 2. The summed E-state index contributed by atoms with van der Waals surface area (Å²) in [7, 11) is 1.54. The monoisotopic (exact) mass is 394 g/mol. The van der Waals surface area contributed by atoms with Gasteiger partial charge in [-0.3, -0.25) is 9.59 Å². The van der Waals surface area contributed by atoms with E-state index in [4.69, 9.17) is 4.74 Å². The maximum Gasteiger partial charge on any atom is 0.282 e. The molecule has 0 N–H and O–H groups in total. The number of piperidine rings is 1. The number of para-hydroxylation sites is 1. The SMILES string of the molecule is COc1ccccc1C1=C(N2CCC(C)CC2)C(=O)N(c2ccc(F)cc2)C1=O. The zero-order valence-corrected chi connectivity index (χ0v) is 16.5. The Balaban J connectivity index is 1.84. The molecule has 2 heterocycles. The summed E-state index contributed by atoms with van der Waals surface area (Å²) in [6.07, 6.45) is 1.92. The lowest BCUT2D eigenvalue weighted by molar-refractivity contribution is -0.120. The van der Waals surface area contributed by atoms with Gasteiger partial charge in [0, 0.05) is 18.7 Å². The van der Waals surface area contributed by atoms with Crippen LogP contribution >= 0.6 is 0 Å². The Hall–Kier alpha value is -3.15. The van der Waals surface area contributed by atoms with Crippen molar-refractivity contribution in [3.05, 3.63) is 65.6 Å². The molecule has 0 radical (unpaired) electrons. The van der Waals surface area contributed by atoms with Crippen LogP contribution in [-0.2, 0) is 9.59 Å². The highest BCUT2D eigenvalue weighted by Crippen LogP contribution is 2.39. The second-order valence-electron chi connectivity index (χ2n) is 7.52. The molecule has 1 fully saturated rings. The predicted molar refractivity (Wildman–Crippen MR) is 109 cm³/mol. The number of carbonyl (C=O) groups excluding carboxylic acids is 2. The molecule has 29 heavy (non-hydrogen) atoms. The fraction of sp³-hybridized carbons (Fsp3) is 0.304. The fourth-order valence-corrected chi connectivity index (χ4v) is 3.96. The summed E-state index contributed by atoms with van der Waals surface area (Å²) < 4.78 is 18.9. The standard InChI is InChI=1S/C23H23FN2O3/c1-15-11-13-25(14-12-15)21-20(18-5-3-4-6-19(18)29-2)22(27)26(23(21)28)17-9-7-16(24)8-10-17/h3-10,15H,11-14H2,1-2H3. The molecule has 2 aromatic carbocycles. The smallest absolute Gasteiger partial charge is 0.282 e. The van der Waals surface area contributed by atoms with Crippen LogP contribution in [0.3, 0.4) is 0 Å². The molecule has 0 atom stereocenters. The third kappa shape index (κ3) is 3.39. The van der Waals surface area contributed by atoms with Crippen molar-refractivity contribution in [2.45, 2.75) is 19.8 Å². The highest BCUT2D eigenvalue weighted by Gasteiger charge is 2.43. The molecule has 4 rings (SSSR count). The van der Waals surface area contributed by atoms with Crippen molar-refractivity contribution in [1.82, 2.24) is 4.90 Å². The first-order chi connectivity index (χ1) is 14.0. The molecule has 0 aliphatic carbocycles. The molecule has 2 aromatic rings. The van der Waals surface area contributed by atoms with E-state index in [9.17, 15) is 14.0 Å². The maximum atomic E-state index is 13.5. The summed E-state index contributed by atoms with van der Waals surface area (Å²) in [6.45, 7) is 3.62. The van der Waals surface area contributed by atoms with E-state index in [-0.39, 0.29) is 5.91 Å². The van der Waals surface area contributed by atoms with Crippen LogP contribution in [0.2, 0.25) is 0 Å². The van der Waals surface area contributed by atoms with Gasteiger partial charge in [-0.05, 0) is 49.1 Å². The lowest BCUT2D eigenvalue weighted by atomic mass is 9.97. The molecule has 2 aliphatic heterocycles. The number of amides is 2. The number of imide groups is 1. The van der Waals surface area contributed by atoms with Crippen LogP contribution in [0.4, 0.5) is 10.1 Å². The Labute approximate surface area is 169 Å². The number of rotatable bonds is 4. The normalized spacial score (nSPS) is 18.0. The highest BCUT2D eigenvalue weighted by atomic mass is 19.1. The molecule has 6 heteroatoms. The van der Waals surface area contributed by atoms with Crippen LogP contribution < -0.4 is 9.64 Å². The second kappa shape index (κ2) is 7.70. The minimum atomic E-state index is -0.420. The van der Waals surface area contributed by atoms with Gasteiger partial charge in [0.25, 0.3) is 11.8 Å². The number of hydrogen-bond donors (Lipinski definition) is 0. The lowest BCUT2D eigenvalue weighted by Crippen LogP contribution is -2.38. The van der Waals surface area contributed by atoms with Crippen molar-refractivity contribution >= 4 is 23.1 Å². The third-order valence-electron chi connectivity index (χ3n) is 5.62. The number of ether oxygens (including phenoxy) is 1. The Morgan fingerprint density at radius 2 is 1.62 bits per heavy atom. The van der Waals surface area contributed by atoms with E-state index in [1.54, 1.807) is 19.2 Å². The molecular weight excluding hydrogens is 371 g/mol.